The number of rotatable bonds is 7. The third kappa shape index (κ3) is 5.91. The van der Waals surface area contributed by atoms with Gasteiger partial charge in [0, 0.05) is 39.3 Å². The summed E-state index contributed by atoms with van der Waals surface area (Å²) in [6.45, 7) is 10.3. The minimum atomic E-state index is -4.45. The molecule has 0 spiro atoms. The van der Waals surface area contributed by atoms with Gasteiger partial charge in [-0.15, -0.1) is 0 Å². The lowest BCUT2D eigenvalue weighted by molar-refractivity contribution is -0.137. The predicted molar refractivity (Wildman–Crippen MR) is 128 cm³/mol. The molecule has 0 saturated carbocycles. The van der Waals surface area contributed by atoms with Gasteiger partial charge in [-0.05, 0) is 42.8 Å². The summed E-state index contributed by atoms with van der Waals surface area (Å²) >= 11 is 0. The van der Waals surface area contributed by atoms with Gasteiger partial charge in [-0.25, -0.2) is 4.68 Å². The Labute approximate surface area is 203 Å². The van der Waals surface area contributed by atoms with Crippen LogP contribution < -0.4 is 5.32 Å². The summed E-state index contributed by atoms with van der Waals surface area (Å²) in [6.07, 6.45) is -3.06. The van der Waals surface area contributed by atoms with Crippen molar-refractivity contribution in [3.8, 4) is 5.69 Å². The van der Waals surface area contributed by atoms with Crippen LogP contribution in [0.2, 0.25) is 0 Å². The molecule has 1 aliphatic rings. The second-order valence-corrected chi connectivity index (χ2v) is 8.77. The van der Waals surface area contributed by atoms with Crippen LogP contribution in [-0.4, -0.2) is 58.2 Å². The maximum absolute atomic E-state index is 13.1. The number of nitrogens with one attached hydrogen (secondary N) is 1. The molecule has 3 aromatic rings. The molecule has 186 valence electrons. The topological polar surface area (TPSA) is 53.4 Å². The number of hydrogen-bond acceptors (Lipinski definition) is 4. The van der Waals surface area contributed by atoms with Gasteiger partial charge in [0.25, 0.3) is 5.91 Å². The van der Waals surface area contributed by atoms with Crippen LogP contribution in [0.15, 0.2) is 54.7 Å². The molecule has 0 atom stereocenters. The Morgan fingerprint density at radius 3 is 2.37 bits per heavy atom. The summed E-state index contributed by atoms with van der Waals surface area (Å²) in [7, 11) is 0. The molecule has 1 fully saturated rings. The van der Waals surface area contributed by atoms with E-state index in [9.17, 15) is 18.0 Å². The first kappa shape index (κ1) is 24.9. The third-order valence-electron chi connectivity index (χ3n) is 6.54. The van der Waals surface area contributed by atoms with E-state index in [-0.39, 0.29) is 11.6 Å². The Balaban J connectivity index is 1.43. The lowest BCUT2D eigenvalue weighted by Gasteiger charge is -2.34. The first-order valence-electron chi connectivity index (χ1n) is 11.8. The number of likely N-dealkylation sites (N-methyl/N-ethyl adjacent to an activating group) is 1. The van der Waals surface area contributed by atoms with Gasteiger partial charge in [-0.3, -0.25) is 9.69 Å². The van der Waals surface area contributed by atoms with Crippen LogP contribution in [-0.2, 0) is 19.3 Å². The molecular weight excluding hydrogens is 455 g/mol. The van der Waals surface area contributed by atoms with Crippen LogP contribution >= 0.6 is 0 Å². The molecule has 1 aromatic heterocycles. The number of halogens is 3. The number of benzene rings is 2. The van der Waals surface area contributed by atoms with Crippen molar-refractivity contribution in [1.29, 1.82) is 0 Å². The highest BCUT2D eigenvalue weighted by Gasteiger charge is 2.30. The van der Waals surface area contributed by atoms with E-state index in [2.05, 4.69) is 33.2 Å². The van der Waals surface area contributed by atoms with Crippen LogP contribution in [0.4, 0.5) is 13.2 Å². The highest BCUT2D eigenvalue weighted by molar-refractivity contribution is 5.95. The van der Waals surface area contributed by atoms with Crippen molar-refractivity contribution < 1.29 is 18.0 Å². The molecule has 0 radical (unpaired) electrons. The second kappa shape index (κ2) is 10.6. The molecule has 2 aromatic carbocycles. The lowest BCUT2D eigenvalue weighted by Crippen LogP contribution is -2.45. The van der Waals surface area contributed by atoms with Crippen molar-refractivity contribution in [2.24, 2.45) is 0 Å². The van der Waals surface area contributed by atoms with Crippen molar-refractivity contribution >= 4 is 5.91 Å². The number of piperazine rings is 1. The normalized spacial score (nSPS) is 15.3. The second-order valence-electron chi connectivity index (χ2n) is 8.77. The quantitative estimate of drug-likeness (QED) is 0.543. The van der Waals surface area contributed by atoms with Crippen molar-refractivity contribution in [2.45, 2.75) is 33.1 Å². The fraction of sp³-hybridized carbons (Fsp3) is 0.385. The maximum atomic E-state index is 13.1. The average molecular weight is 486 g/mol. The van der Waals surface area contributed by atoms with Gasteiger partial charge in [-0.2, -0.15) is 18.3 Å². The van der Waals surface area contributed by atoms with Crippen molar-refractivity contribution in [1.82, 2.24) is 24.9 Å². The summed E-state index contributed by atoms with van der Waals surface area (Å²) < 4.78 is 40.6. The Morgan fingerprint density at radius 1 is 1.00 bits per heavy atom. The highest BCUT2D eigenvalue weighted by Crippen LogP contribution is 2.30. The smallest absolute Gasteiger partial charge is 0.348 e. The zero-order chi connectivity index (χ0) is 25.0. The molecule has 0 aliphatic carbocycles. The molecule has 0 unspecified atom stereocenters. The SMILES string of the molecule is CCN1CCN(Cc2ccccc2CNC(=O)c2cnn(-c3cccc(C(F)(F)F)c3)c2C)CC1. The molecular formula is C26H30F3N5O. The van der Waals surface area contributed by atoms with Crippen molar-refractivity contribution in [3.63, 3.8) is 0 Å². The molecule has 2 heterocycles. The number of nitrogens with zero attached hydrogens (tertiary/aromatic N) is 4. The predicted octanol–water partition coefficient (Wildman–Crippen LogP) is 4.27. The van der Waals surface area contributed by atoms with E-state index in [1.165, 1.54) is 28.6 Å². The zero-order valence-corrected chi connectivity index (χ0v) is 20.0. The van der Waals surface area contributed by atoms with E-state index in [1.807, 2.05) is 18.2 Å². The zero-order valence-electron chi connectivity index (χ0n) is 20.0. The summed E-state index contributed by atoms with van der Waals surface area (Å²) in [5.41, 5.74) is 2.52. The molecule has 1 amide bonds. The molecule has 1 aliphatic heterocycles. The Hall–Kier alpha value is -3.17. The first-order valence-corrected chi connectivity index (χ1v) is 11.8. The fourth-order valence-corrected chi connectivity index (χ4v) is 4.37. The van der Waals surface area contributed by atoms with Crippen LogP contribution in [0.25, 0.3) is 5.69 Å². The molecule has 9 heteroatoms. The van der Waals surface area contributed by atoms with Gasteiger partial charge in [0.2, 0.25) is 0 Å². The van der Waals surface area contributed by atoms with E-state index >= 15 is 0 Å². The Bertz CT molecular complexity index is 1170. The summed E-state index contributed by atoms with van der Waals surface area (Å²) in [4.78, 5) is 17.8. The number of carbonyl (C=O) groups is 1. The summed E-state index contributed by atoms with van der Waals surface area (Å²) in [5, 5.41) is 7.12. The van der Waals surface area contributed by atoms with Gasteiger partial charge >= 0.3 is 6.18 Å². The van der Waals surface area contributed by atoms with Gasteiger partial charge < -0.3 is 10.2 Å². The number of aromatic nitrogens is 2. The molecule has 1 saturated heterocycles. The Morgan fingerprint density at radius 2 is 1.69 bits per heavy atom. The third-order valence-corrected chi connectivity index (χ3v) is 6.54. The number of hydrogen-bond donors (Lipinski definition) is 1. The maximum Gasteiger partial charge on any atom is 0.416 e. The van der Waals surface area contributed by atoms with Crippen molar-refractivity contribution in [2.75, 3.05) is 32.7 Å². The van der Waals surface area contributed by atoms with Gasteiger partial charge in [0.15, 0.2) is 0 Å². The van der Waals surface area contributed by atoms with Crippen LogP contribution in [0.3, 0.4) is 0 Å². The van der Waals surface area contributed by atoms with Crippen LogP contribution in [0.5, 0.6) is 0 Å². The van der Waals surface area contributed by atoms with E-state index in [0.29, 0.717) is 17.8 Å². The molecule has 4 rings (SSSR count). The highest BCUT2D eigenvalue weighted by atomic mass is 19.4. The monoisotopic (exact) mass is 485 g/mol. The largest absolute Gasteiger partial charge is 0.416 e. The van der Waals surface area contributed by atoms with Gasteiger partial charge in [0.05, 0.1) is 28.7 Å². The van der Waals surface area contributed by atoms with Gasteiger partial charge in [-0.1, -0.05) is 37.3 Å². The van der Waals surface area contributed by atoms with Gasteiger partial charge in [0.1, 0.15) is 0 Å². The Kier molecular flexibility index (Phi) is 7.57. The van der Waals surface area contributed by atoms with E-state index in [4.69, 9.17) is 0 Å². The lowest BCUT2D eigenvalue weighted by atomic mass is 10.1. The standard InChI is InChI=1S/C26H30F3N5O/c1-3-32-11-13-33(14-12-32)18-21-8-5-4-7-20(21)16-30-25(35)24-17-31-34(19(24)2)23-10-6-9-22(15-23)26(27,28)29/h4-10,15,17H,3,11-14,16,18H2,1-2H3,(H,30,35). The van der Waals surface area contributed by atoms with E-state index in [1.54, 1.807) is 6.92 Å². The first-order chi connectivity index (χ1) is 16.8. The summed E-state index contributed by atoms with van der Waals surface area (Å²) in [5.74, 6) is -0.313. The molecule has 0 bridgehead atoms. The van der Waals surface area contributed by atoms with E-state index in [0.717, 1.165) is 57.0 Å². The fourth-order valence-electron chi connectivity index (χ4n) is 4.37. The number of amides is 1. The van der Waals surface area contributed by atoms with E-state index < -0.39 is 11.7 Å². The number of alkyl halides is 3. The number of carbonyl (C=O) groups excluding carboxylic acids is 1. The minimum Gasteiger partial charge on any atom is -0.348 e. The molecule has 1 N–H and O–H groups in total. The summed E-state index contributed by atoms with van der Waals surface area (Å²) in [6, 6.07) is 13.0. The average Bonchev–Trinajstić information content (AvgIpc) is 3.24. The molecule has 35 heavy (non-hydrogen) atoms. The van der Waals surface area contributed by atoms with Crippen LogP contribution in [0.1, 0.15) is 39.7 Å². The van der Waals surface area contributed by atoms with Crippen LogP contribution in [0, 0.1) is 6.92 Å². The van der Waals surface area contributed by atoms with Crippen molar-refractivity contribution in [3.05, 3.63) is 82.7 Å². The minimum absolute atomic E-state index is 0.255. The molecule has 6 nitrogen and oxygen atoms in total.